The Kier molecular flexibility index (Phi) is 4.84. The summed E-state index contributed by atoms with van der Waals surface area (Å²) in [6, 6.07) is 9.59. The second kappa shape index (κ2) is 6.83. The van der Waals surface area contributed by atoms with Crippen LogP contribution in [-0.2, 0) is 6.54 Å². The Bertz CT molecular complexity index is 451. The molecular weight excluding hydrogens is 256 g/mol. The normalized spacial score (nSPS) is 30.5. The molecule has 1 saturated carbocycles. The van der Waals surface area contributed by atoms with E-state index in [9.17, 15) is 0 Å². The van der Waals surface area contributed by atoms with E-state index in [0.717, 1.165) is 18.4 Å². The van der Waals surface area contributed by atoms with Crippen LogP contribution in [0.1, 0.15) is 51.5 Å². The third kappa shape index (κ3) is 3.79. The molecule has 1 N–H and O–H groups in total. The van der Waals surface area contributed by atoms with Gasteiger partial charge < -0.3 is 5.32 Å². The van der Waals surface area contributed by atoms with Crippen molar-refractivity contribution in [3.05, 3.63) is 29.8 Å². The van der Waals surface area contributed by atoms with Crippen LogP contribution in [0.15, 0.2) is 24.3 Å². The van der Waals surface area contributed by atoms with Crippen LogP contribution in [0.3, 0.4) is 0 Å². The Hall–Kier alpha value is -1.02. The van der Waals surface area contributed by atoms with Gasteiger partial charge in [-0.2, -0.15) is 0 Å². The van der Waals surface area contributed by atoms with E-state index in [1.807, 2.05) is 0 Å². The van der Waals surface area contributed by atoms with Gasteiger partial charge in [-0.15, -0.1) is 0 Å². The molecule has 0 spiro atoms. The monoisotopic (exact) mass is 286 g/mol. The molecule has 2 heteroatoms. The summed E-state index contributed by atoms with van der Waals surface area (Å²) in [6.07, 6.45) is 6.79. The van der Waals surface area contributed by atoms with Crippen molar-refractivity contribution in [1.29, 1.82) is 0 Å². The standard InChI is InChI=1S/C19H30N2/c1-15-9-10-18(16(2)13-15)20-19-8-4-3-7-17(19)14-21-11-5-6-12-21/h3-4,7-8,15-16,18,20H,5-6,9-14H2,1-2H3. The molecular formula is C19H30N2. The fourth-order valence-corrected chi connectivity index (χ4v) is 4.06. The van der Waals surface area contributed by atoms with E-state index in [-0.39, 0.29) is 0 Å². The maximum absolute atomic E-state index is 3.87. The molecule has 1 saturated heterocycles. The van der Waals surface area contributed by atoms with E-state index >= 15 is 0 Å². The highest BCUT2D eigenvalue weighted by Gasteiger charge is 2.25. The zero-order chi connectivity index (χ0) is 14.7. The van der Waals surface area contributed by atoms with Crippen LogP contribution in [0.2, 0.25) is 0 Å². The van der Waals surface area contributed by atoms with Crippen molar-refractivity contribution < 1.29 is 0 Å². The Morgan fingerprint density at radius 1 is 1.10 bits per heavy atom. The molecule has 21 heavy (non-hydrogen) atoms. The highest BCUT2D eigenvalue weighted by molar-refractivity contribution is 5.52. The van der Waals surface area contributed by atoms with Gasteiger partial charge in [0.25, 0.3) is 0 Å². The highest BCUT2D eigenvalue weighted by atomic mass is 15.1. The van der Waals surface area contributed by atoms with Crippen molar-refractivity contribution in [3.63, 3.8) is 0 Å². The average Bonchev–Trinajstić information content (AvgIpc) is 2.97. The molecule has 0 aromatic heterocycles. The largest absolute Gasteiger partial charge is 0.382 e. The Labute approximate surface area is 129 Å². The molecule has 3 rings (SSSR count). The van der Waals surface area contributed by atoms with Crippen LogP contribution >= 0.6 is 0 Å². The molecule has 1 aromatic rings. The zero-order valence-electron chi connectivity index (χ0n) is 13.6. The molecule has 0 radical (unpaired) electrons. The molecule has 3 atom stereocenters. The smallest absolute Gasteiger partial charge is 0.0388 e. The zero-order valence-corrected chi connectivity index (χ0v) is 13.6. The lowest BCUT2D eigenvalue weighted by Crippen LogP contribution is -2.33. The van der Waals surface area contributed by atoms with E-state index in [1.54, 1.807) is 0 Å². The lowest BCUT2D eigenvalue weighted by Gasteiger charge is -2.34. The first-order valence-corrected chi connectivity index (χ1v) is 8.79. The minimum absolute atomic E-state index is 0.654. The van der Waals surface area contributed by atoms with Crippen LogP contribution in [0.25, 0.3) is 0 Å². The van der Waals surface area contributed by atoms with Crippen molar-refractivity contribution in [1.82, 2.24) is 4.90 Å². The second-order valence-corrected chi connectivity index (χ2v) is 7.29. The van der Waals surface area contributed by atoms with E-state index < -0.39 is 0 Å². The summed E-state index contributed by atoms with van der Waals surface area (Å²) in [5.41, 5.74) is 2.85. The minimum atomic E-state index is 0.654. The highest BCUT2D eigenvalue weighted by Crippen LogP contribution is 2.31. The number of nitrogens with one attached hydrogen (secondary N) is 1. The van der Waals surface area contributed by atoms with Crippen molar-refractivity contribution in [2.75, 3.05) is 18.4 Å². The van der Waals surface area contributed by atoms with Gasteiger partial charge in [0.2, 0.25) is 0 Å². The number of para-hydroxylation sites is 1. The van der Waals surface area contributed by atoms with Gasteiger partial charge in [0.05, 0.1) is 0 Å². The summed E-state index contributed by atoms with van der Waals surface area (Å²) in [5.74, 6) is 1.69. The summed E-state index contributed by atoms with van der Waals surface area (Å²) in [4.78, 5) is 2.59. The Morgan fingerprint density at radius 2 is 1.86 bits per heavy atom. The fraction of sp³-hybridized carbons (Fsp3) is 0.684. The first-order valence-electron chi connectivity index (χ1n) is 8.79. The number of nitrogens with zero attached hydrogens (tertiary/aromatic N) is 1. The molecule has 0 bridgehead atoms. The lowest BCUT2D eigenvalue weighted by molar-refractivity contribution is 0.276. The summed E-state index contributed by atoms with van der Waals surface area (Å²) < 4.78 is 0. The van der Waals surface area contributed by atoms with E-state index in [4.69, 9.17) is 0 Å². The molecule has 0 amide bonds. The topological polar surface area (TPSA) is 15.3 Å². The van der Waals surface area contributed by atoms with Crippen molar-refractivity contribution >= 4 is 5.69 Å². The van der Waals surface area contributed by atoms with Crippen LogP contribution in [-0.4, -0.2) is 24.0 Å². The van der Waals surface area contributed by atoms with Crippen LogP contribution < -0.4 is 5.32 Å². The molecule has 116 valence electrons. The number of hydrogen-bond donors (Lipinski definition) is 1. The molecule has 2 nitrogen and oxygen atoms in total. The van der Waals surface area contributed by atoms with Gasteiger partial charge in [-0.3, -0.25) is 4.90 Å². The van der Waals surface area contributed by atoms with Gasteiger partial charge in [-0.25, -0.2) is 0 Å². The maximum atomic E-state index is 3.87. The number of hydrogen-bond acceptors (Lipinski definition) is 2. The summed E-state index contributed by atoms with van der Waals surface area (Å²) >= 11 is 0. The molecule has 2 aliphatic rings. The number of anilines is 1. The third-order valence-corrected chi connectivity index (χ3v) is 5.38. The number of rotatable bonds is 4. The van der Waals surface area contributed by atoms with Gasteiger partial charge in [0, 0.05) is 18.3 Å². The summed E-state index contributed by atoms with van der Waals surface area (Å²) in [6.45, 7) is 8.46. The maximum Gasteiger partial charge on any atom is 0.0388 e. The first kappa shape index (κ1) is 14.9. The van der Waals surface area contributed by atoms with E-state index in [2.05, 4.69) is 48.3 Å². The third-order valence-electron chi connectivity index (χ3n) is 5.38. The predicted octanol–water partition coefficient (Wildman–Crippen LogP) is 4.52. The predicted molar refractivity (Wildman–Crippen MR) is 90.5 cm³/mol. The van der Waals surface area contributed by atoms with Crippen LogP contribution in [0.4, 0.5) is 5.69 Å². The SMILES string of the molecule is CC1CCC(Nc2ccccc2CN2CCCC2)C(C)C1. The molecule has 1 aliphatic carbocycles. The lowest BCUT2D eigenvalue weighted by atomic mass is 9.80. The summed E-state index contributed by atoms with van der Waals surface area (Å²) in [5, 5.41) is 3.87. The van der Waals surface area contributed by atoms with Gasteiger partial charge in [0.1, 0.15) is 0 Å². The van der Waals surface area contributed by atoms with E-state index in [0.29, 0.717) is 6.04 Å². The number of likely N-dealkylation sites (tertiary alicyclic amines) is 1. The Balaban J connectivity index is 1.67. The van der Waals surface area contributed by atoms with Gasteiger partial charge >= 0.3 is 0 Å². The molecule has 2 fully saturated rings. The van der Waals surface area contributed by atoms with Crippen LogP contribution in [0, 0.1) is 11.8 Å². The second-order valence-electron chi connectivity index (χ2n) is 7.29. The van der Waals surface area contributed by atoms with Gasteiger partial charge in [-0.1, -0.05) is 32.0 Å². The quantitative estimate of drug-likeness (QED) is 0.875. The minimum Gasteiger partial charge on any atom is -0.382 e. The van der Waals surface area contributed by atoms with Crippen molar-refractivity contribution in [3.8, 4) is 0 Å². The molecule has 1 aliphatic heterocycles. The molecule has 1 heterocycles. The first-order chi connectivity index (χ1) is 10.2. The van der Waals surface area contributed by atoms with E-state index in [1.165, 1.54) is 56.4 Å². The molecule has 3 unspecified atom stereocenters. The number of benzene rings is 1. The van der Waals surface area contributed by atoms with Gasteiger partial charge in [-0.05, 0) is 68.7 Å². The average molecular weight is 286 g/mol. The Morgan fingerprint density at radius 3 is 2.62 bits per heavy atom. The summed E-state index contributed by atoms with van der Waals surface area (Å²) in [7, 11) is 0. The van der Waals surface area contributed by atoms with Gasteiger partial charge in [0.15, 0.2) is 0 Å². The van der Waals surface area contributed by atoms with Crippen LogP contribution in [0.5, 0.6) is 0 Å². The fourth-order valence-electron chi connectivity index (χ4n) is 4.06. The van der Waals surface area contributed by atoms with Crippen molar-refractivity contribution in [2.24, 2.45) is 11.8 Å². The van der Waals surface area contributed by atoms with Crippen molar-refractivity contribution in [2.45, 2.75) is 58.5 Å². The molecule has 1 aromatic carbocycles.